The van der Waals surface area contributed by atoms with E-state index in [1.54, 1.807) is 13.0 Å². The number of carbonyl (C=O) groups excluding carboxylic acids is 1. The molecule has 1 aromatic carbocycles. The summed E-state index contributed by atoms with van der Waals surface area (Å²) >= 11 is 0. The summed E-state index contributed by atoms with van der Waals surface area (Å²) < 4.78 is 18.3. The predicted octanol–water partition coefficient (Wildman–Crippen LogP) is 1.20. The molecule has 1 aromatic heterocycles. The van der Waals surface area contributed by atoms with E-state index in [2.05, 4.69) is 9.98 Å². The van der Waals surface area contributed by atoms with Gasteiger partial charge >= 0.3 is 5.91 Å². The molecule has 4 N–H and O–H groups in total. The number of hydrogen-bond donors (Lipinski definition) is 2. The third-order valence-corrected chi connectivity index (χ3v) is 2.38. The maximum Gasteiger partial charge on any atom is 0.302 e. The Morgan fingerprint density at radius 2 is 2.16 bits per heavy atom. The monoisotopic (exact) mass is 262 g/mol. The van der Waals surface area contributed by atoms with Gasteiger partial charge in [0.15, 0.2) is 11.7 Å². The Labute approximate surface area is 107 Å². The summed E-state index contributed by atoms with van der Waals surface area (Å²) in [7, 11) is 0. The molecule has 1 heterocycles. The molecule has 2 aromatic rings. The first-order chi connectivity index (χ1) is 8.97. The summed E-state index contributed by atoms with van der Waals surface area (Å²) in [4.78, 5) is 18.8. The molecule has 0 saturated carbocycles. The minimum atomic E-state index is -0.718. The molecule has 0 aliphatic heterocycles. The van der Waals surface area contributed by atoms with Gasteiger partial charge in [0, 0.05) is 5.56 Å². The number of nitrogens with two attached hydrogens (primary N) is 2. The maximum absolute atomic E-state index is 13.2. The number of carbonyl (C=O) groups is 1. The van der Waals surface area contributed by atoms with Gasteiger partial charge in [-0.25, -0.2) is 9.37 Å². The molecule has 98 valence electrons. The van der Waals surface area contributed by atoms with Crippen LogP contribution < -0.4 is 11.5 Å². The van der Waals surface area contributed by atoms with Crippen LogP contribution in [0.15, 0.2) is 33.9 Å². The largest absolute Gasteiger partial charge is 0.444 e. The average molecular weight is 262 g/mol. The van der Waals surface area contributed by atoms with Gasteiger partial charge in [-0.2, -0.15) is 4.99 Å². The number of rotatable bonds is 2. The van der Waals surface area contributed by atoms with Crippen molar-refractivity contribution in [3.05, 3.63) is 41.5 Å². The van der Waals surface area contributed by atoms with Crippen molar-refractivity contribution in [1.82, 2.24) is 4.98 Å². The average Bonchev–Trinajstić information content (AvgIpc) is 2.80. The van der Waals surface area contributed by atoms with Crippen LogP contribution in [-0.2, 0) is 0 Å². The molecule has 0 unspecified atom stereocenters. The molecule has 1 amide bonds. The molecule has 0 aliphatic carbocycles. The van der Waals surface area contributed by atoms with E-state index in [1.807, 2.05) is 0 Å². The predicted molar refractivity (Wildman–Crippen MR) is 66.8 cm³/mol. The summed E-state index contributed by atoms with van der Waals surface area (Å²) in [5.41, 5.74) is 11.4. The highest BCUT2D eigenvalue weighted by Crippen LogP contribution is 2.23. The first-order valence-corrected chi connectivity index (χ1v) is 5.33. The van der Waals surface area contributed by atoms with E-state index in [-0.39, 0.29) is 17.5 Å². The van der Waals surface area contributed by atoms with Crippen molar-refractivity contribution in [2.45, 2.75) is 6.92 Å². The van der Waals surface area contributed by atoms with Gasteiger partial charge in [0.05, 0.1) is 0 Å². The fourth-order valence-electron chi connectivity index (χ4n) is 1.49. The van der Waals surface area contributed by atoms with Crippen molar-refractivity contribution in [2.75, 3.05) is 0 Å². The number of aromatic nitrogens is 1. The van der Waals surface area contributed by atoms with E-state index in [1.165, 1.54) is 12.1 Å². The van der Waals surface area contributed by atoms with Gasteiger partial charge in [-0.15, -0.1) is 0 Å². The van der Waals surface area contributed by atoms with Crippen LogP contribution in [0.1, 0.15) is 16.1 Å². The minimum Gasteiger partial charge on any atom is -0.444 e. The van der Waals surface area contributed by atoms with Gasteiger partial charge in [0.1, 0.15) is 12.1 Å². The molecule has 0 radical (unpaired) electrons. The Bertz CT molecular complexity index is 659. The number of halogens is 1. The Kier molecular flexibility index (Phi) is 3.28. The number of aryl methyl sites for hydroxylation is 1. The first-order valence-electron chi connectivity index (χ1n) is 5.33. The van der Waals surface area contributed by atoms with E-state index < -0.39 is 11.7 Å². The number of oxazole rings is 1. The summed E-state index contributed by atoms with van der Waals surface area (Å²) in [6.07, 6.45) is 1.12. The highest BCUT2D eigenvalue weighted by Gasteiger charge is 2.15. The number of aliphatic imine (C=N–C) groups is 1. The molecular formula is C12H11FN4O2. The Morgan fingerprint density at radius 3 is 2.84 bits per heavy atom. The van der Waals surface area contributed by atoms with E-state index in [0.717, 1.165) is 11.8 Å². The van der Waals surface area contributed by atoms with E-state index in [4.69, 9.17) is 15.9 Å². The van der Waals surface area contributed by atoms with Gasteiger partial charge in [0.25, 0.3) is 0 Å². The van der Waals surface area contributed by atoms with Crippen LogP contribution >= 0.6 is 0 Å². The Hall–Kier alpha value is -2.70. The lowest BCUT2D eigenvalue weighted by Gasteiger charge is -2.00. The highest BCUT2D eigenvalue weighted by atomic mass is 19.1. The third-order valence-electron chi connectivity index (χ3n) is 2.38. The summed E-state index contributed by atoms with van der Waals surface area (Å²) in [6.45, 7) is 1.77. The molecule has 19 heavy (non-hydrogen) atoms. The zero-order valence-electron chi connectivity index (χ0n) is 10.1. The smallest absolute Gasteiger partial charge is 0.302 e. The minimum absolute atomic E-state index is 0.0490. The fourth-order valence-corrected chi connectivity index (χ4v) is 1.49. The second-order valence-corrected chi connectivity index (χ2v) is 3.84. The number of nitrogens with zero attached hydrogens (tertiary/aromatic N) is 2. The number of hydrogen-bond acceptors (Lipinski definition) is 3. The van der Waals surface area contributed by atoms with Crippen LogP contribution in [0, 0.1) is 12.7 Å². The maximum atomic E-state index is 13.2. The fraction of sp³-hybridized carbons (Fsp3) is 0.0833. The van der Waals surface area contributed by atoms with Gasteiger partial charge in [0.2, 0.25) is 5.89 Å². The summed E-state index contributed by atoms with van der Waals surface area (Å²) in [5.74, 6) is -1.37. The standard InChI is InChI=1S/C12H11FN4O2/c1-6-2-3-7(13)4-8(6)11-16-9(5-19-11)10(18)17-12(14)15/h2-5H,1H3,(H4,14,15,17,18). The first kappa shape index (κ1) is 12.7. The quantitative estimate of drug-likeness (QED) is 0.624. The van der Waals surface area contributed by atoms with Crippen LogP contribution in [0.3, 0.4) is 0 Å². The molecular weight excluding hydrogens is 251 g/mol. The molecule has 6 nitrogen and oxygen atoms in total. The molecule has 7 heteroatoms. The Morgan fingerprint density at radius 1 is 1.42 bits per heavy atom. The number of guanidine groups is 1. The van der Waals surface area contributed by atoms with E-state index in [9.17, 15) is 9.18 Å². The molecule has 2 rings (SSSR count). The lowest BCUT2D eigenvalue weighted by molar-refractivity contribution is 0.0998. The van der Waals surface area contributed by atoms with Crippen LogP contribution in [0.2, 0.25) is 0 Å². The molecule has 0 bridgehead atoms. The second kappa shape index (κ2) is 4.89. The van der Waals surface area contributed by atoms with Gasteiger partial charge in [-0.05, 0) is 24.6 Å². The zero-order valence-corrected chi connectivity index (χ0v) is 10.1. The second-order valence-electron chi connectivity index (χ2n) is 3.84. The van der Waals surface area contributed by atoms with Crippen LogP contribution in [0.4, 0.5) is 4.39 Å². The lowest BCUT2D eigenvalue weighted by Crippen LogP contribution is -2.24. The number of amides is 1. The van der Waals surface area contributed by atoms with Crippen molar-refractivity contribution in [1.29, 1.82) is 0 Å². The SMILES string of the molecule is Cc1ccc(F)cc1-c1nc(C(=O)N=C(N)N)co1. The normalized spacial score (nSPS) is 10.2. The third kappa shape index (κ3) is 2.76. The van der Waals surface area contributed by atoms with Crippen LogP contribution in [-0.4, -0.2) is 16.9 Å². The van der Waals surface area contributed by atoms with E-state index >= 15 is 0 Å². The van der Waals surface area contributed by atoms with E-state index in [0.29, 0.717) is 5.56 Å². The zero-order chi connectivity index (χ0) is 14.0. The van der Waals surface area contributed by atoms with Crippen LogP contribution in [0.25, 0.3) is 11.5 Å². The Balaban J connectivity index is 2.38. The highest BCUT2D eigenvalue weighted by molar-refractivity contribution is 6.00. The molecule has 0 aliphatic rings. The summed E-state index contributed by atoms with van der Waals surface area (Å²) in [6, 6.07) is 4.19. The van der Waals surface area contributed by atoms with Crippen molar-refractivity contribution >= 4 is 11.9 Å². The molecule has 0 saturated heterocycles. The van der Waals surface area contributed by atoms with Crippen molar-refractivity contribution in [3.63, 3.8) is 0 Å². The van der Waals surface area contributed by atoms with Gasteiger partial charge < -0.3 is 15.9 Å². The van der Waals surface area contributed by atoms with Gasteiger partial charge in [-0.1, -0.05) is 6.07 Å². The van der Waals surface area contributed by atoms with Crippen molar-refractivity contribution < 1.29 is 13.6 Å². The van der Waals surface area contributed by atoms with Crippen molar-refractivity contribution in [3.8, 4) is 11.5 Å². The lowest BCUT2D eigenvalue weighted by atomic mass is 10.1. The van der Waals surface area contributed by atoms with Crippen LogP contribution in [0.5, 0.6) is 0 Å². The topological polar surface area (TPSA) is 108 Å². The number of benzene rings is 1. The summed E-state index contributed by atoms with van der Waals surface area (Å²) in [5, 5.41) is 0. The molecule has 0 fully saturated rings. The van der Waals surface area contributed by atoms with Crippen molar-refractivity contribution in [2.24, 2.45) is 16.5 Å². The van der Waals surface area contributed by atoms with Gasteiger partial charge in [-0.3, -0.25) is 4.79 Å². The molecule has 0 atom stereocenters. The molecule has 0 spiro atoms.